The van der Waals surface area contributed by atoms with E-state index in [0.717, 1.165) is 0 Å². The SMILES string of the molecule is CC=Nc1c(C)nc2n(c1=O)CC(=O)N2. The van der Waals surface area contributed by atoms with Crippen molar-refractivity contribution < 1.29 is 4.79 Å². The Kier molecular flexibility index (Phi) is 2.11. The van der Waals surface area contributed by atoms with Gasteiger partial charge in [-0.05, 0) is 13.8 Å². The average Bonchev–Trinajstić information content (AvgIpc) is 2.53. The van der Waals surface area contributed by atoms with Crippen molar-refractivity contribution in [2.24, 2.45) is 4.99 Å². The van der Waals surface area contributed by atoms with E-state index in [-0.39, 0.29) is 23.7 Å². The first kappa shape index (κ1) is 9.57. The molecule has 0 saturated carbocycles. The summed E-state index contributed by atoms with van der Waals surface area (Å²) in [4.78, 5) is 31.0. The quantitative estimate of drug-likeness (QED) is 0.668. The number of rotatable bonds is 1. The van der Waals surface area contributed by atoms with Crippen molar-refractivity contribution in [2.45, 2.75) is 20.4 Å². The fourth-order valence-electron chi connectivity index (χ4n) is 1.48. The van der Waals surface area contributed by atoms with Gasteiger partial charge in [0.15, 0.2) is 0 Å². The molecule has 1 amide bonds. The predicted molar refractivity (Wildman–Crippen MR) is 55.7 cm³/mol. The van der Waals surface area contributed by atoms with Crippen LogP contribution in [-0.4, -0.2) is 21.7 Å². The van der Waals surface area contributed by atoms with Crippen molar-refractivity contribution in [3.8, 4) is 0 Å². The van der Waals surface area contributed by atoms with Crippen LogP contribution in [0, 0.1) is 6.92 Å². The Bertz CT molecular complexity index is 516. The Morgan fingerprint density at radius 3 is 2.93 bits per heavy atom. The molecule has 0 fully saturated rings. The summed E-state index contributed by atoms with van der Waals surface area (Å²) in [5.74, 6) is 0.0779. The lowest BCUT2D eigenvalue weighted by molar-refractivity contribution is -0.115. The van der Waals surface area contributed by atoms with Gasteiger partial charge in [0.2, 0.25) is 11.9 Å². The van der Waals surface area contributed by atoms with Crippen molar-refractivity contribution in [3.05, 3.63) is 16.0 Å². The minimum Gasteiger partial charge on any atom is -0.294 e. The van der Waals surface area contributed by atoms with Gasteiger partial charge >= 0.3 is 0 Å². The molecule has 6 heteroatoms. The fraction of sp³-hybridized carbons (Fsp3) is 0.333. The molecular formula is C9H10N4O2. The third-order valence-electron chi connectivity index (χ3n) is 2.13. The summed E-state index contributed by atoms with van der Waals surface area (Å²) in [5.41, 5.74) is 0.526. The highest BCUT2D eigenvalue weighted by Gasteiger charge is 2.22. The molecule has 0 unspecified atom stereocenters. The number of aliphatic imine (C=N–C) groups is 1. The second kappa shape index (κ2) is 3.30. The number of aromatic nitrogens is 2. The molecule has 0 radical (unpaired) electrons. The molecule has 2 heterocycles. The van der Waals surface area contributed by atoms with E-state index in [9.17, 15) is 9.59 Å². The normalized spacial score (nSPS) is 14.4. The molecule has 15 heavy (non-hydrogen) atoms. The van der Waals surface area contributed by atoms with Crippen molar-refractivity contribution in [1.29, 1.82) is 0 Å². The summed E-state index contributed by atoms with van der Waals surface area (Å²) in [6, 6.07) is 0. The zero-order valence-corrected chi connectivity index (χ0v) is 8.44. The van der Waals surface area contributed by atoms with E-state index in [1.165, 1.54) is 10.8 Å². The summed E-state index contributed by atoms with van der Waals surface area (Å²) in [6.07, 6.45) is 1.53. The van der Waals surface area contributed by atoms with Crippen LogP contribution in [-0.2, 0) is 11.3 Å². The van der Waals surface area contributed by atoms with E-state index in [1.807, 2.05) is 0 Å². The molecule has 6 nitrogen and oxygen atoms in total. The van der Waals surface area contributed by atoms with Gasteiger partial charge in [-0.15, -0.1) is 0 Å². The van der Waals surface area contributed by atoms with Crippen molar-refractivity contribution >= 4 is 23.8 Å². The largest absolute Gasteiger partial charge is 0.294 e. The number of hydrogen-bond acceptors (Lipinski definition) is 4. The van der Waals surface area contributed by atoms with Gasteiger partial charge in [0.25, 0.3) is 5.56 Å². The number of amides is 1. The van der Waals surface area contributed by atoms with Crippen LogP contribution in [0.2, 0.25) is 0 Å². The number of nitrogens with zero attached hydrogens (tertiary/aromatic N) is 3. The smallest absolute Gasteiger partial charge is 0.281 e. The number of carbonyl (C=O) groups excluding carboxylic acids is 1. The molecule has 1 aliphatic heterocycles. The van der Waals surface area contributed by atoms with E-state index in [4.69, 9.17) is 0 Å². The lowest BCUT2D eigenvalue weighted by Gasteiger charge is -2.03. The topological polar surface area (TPSA) is 76.3 Å². The zero-order valence-electron chi connectivity index (χ0n) is 8.44. The Morgan fingerprint density at radius 2 is 2.27 bits per heavy atom. The van der Waals surface area contributed by atoms with Gasteiger partial charge in [-0.25, -0.2) is 4.98 Å². The highest BCUT2D eigenvalue weighted by molar-refractivity contribution is 5.92. The average molecular weight is 206 g/mol. The van der Waals surface area contributed by atoms with E-state index in [0.29, 0.717) is 11.6 Å². The number of carbonyl (C=O) groups is 1. The maximum atomic E-state index is 11.8. The summed E-state index contributed by atoms with van der Waals surface area (Å²) in [7, 11) is 0. The third-order valence-corrected chi connectivity index (χ3v) is 2.13. The van der Waals surface area contributed by atoms with Crippen LogP contribution >= 0.6 is 0 Å². The maximum absolute atomic E-state index is 11.8. The second-order valence-electron chi connectivity index (χ2n) is 3.20. The van der Waals surface area contributed by atoms with E-state index in [1.54, 1.807) is 13.8 Å². The number of fused-ring (bicyclic) bond motifs is 1. The van der Waals surface area contributed by atoms with Gasteiger partial charge in [0, 0.05) is 6.21 Å². The second-order valence-corrected chi connectivity index (χ2v) is 3.20. The van der Waals surface area contributed by atoms with E-state index < -0.39 is 0 Å². The molecule has 0 atom stereocenters. The number of aryl methyl sites for hydroxylation is 1. The standard InChI is InChI=1S/C9H10N4O2/c1-3-10-7-5(2)11-9-12-6(14)4-13(9)8(7)15/h3H,4H2,1-2H3,(H,11,12,14). The molecule has 0 saturated heterocycles. The Hall–Kier alpha value is -1.98. The minimum absolute atomic E-state index is 0.0215. The van der Waals surface area contributed by atoms with Crippen LogP contribution in [0.1, 0.15) is 12.6 Å². The van der Waals surface area contributed by atoms with Gasteiger partial charge in [0.1, 0.15) is 12.2 Å². The van der Waals surface area contributed by atoms with Gasteiger partial charge in [-0.3, -0.25) is 24.5 Å². The summed E-state index contributed by atoms with van der Waals surface area (Å²) < 4.78 is 1.29. The Labute approximate surface area is 85.7 Å². The van der Waals surface area contributed by atoms with Crippen LogP contribution in [0.3, 0.4) is 0 Å². The van der Waals surface area contributed by atoms with E-state index in [2.05, 4.69) is 15.3 Å². The first-order valence-corrected chi connectivity index (χ1v) is 4.53. The molecule has 0 spiro atoms. The molecule has 78 valence electrons. The fourth-order valence-corrected chi connectivity index (χ4v) is 1.48. The lowest BCUT2D eigenvalue weighted by Crippen LogP contribution is -2.20. The van der Waals surface area contributed by atoms with Crippen LogP contribution < -0.4 is 10.9 Å². The summed E-state index contributed by atoms with van der Waals surface area (Å²) in [6.45, 7) is 3.43. The highest BCUT2D eigenvalue weighted by atomic mass is 16.2. The maximum Gasteiger partial charge on any atom is 0.281 e. The summed E-state index contributed by atoms with van der Waals surface area (Å²) in [5, 5.41) is 2.51. The first-order chi connectivity index (χ1) is 7.13. The zero-order chi connectivity index (χ0) is 11.0. The van der Waals surface area contributed by atoms with Gasteiger partial charge in [-0.1, -0.05) is 0 Å². The van der Waals surface area contributed by atoms with Crippen LogP contribution in [0.25, 0.3) is 0 Å². The number of anilines is 1. The van der Waals surface area contributed by atoms with Crippen LogP contribution in [0.4, 0.5) is 11.6 Å². The van der Waals surface area contributed by atoms with Crippen molar-refractivity contribution in [3.63, 3.8) is 0 Å². The predicted octanol–water partition coefficient (Wildman–Crippen LogP) is 0.226. The Balaban J connectivity index is 2.69. The monoisotopic (exact) mass is 206 g/mol. The first-order valence-electron chi connectivity index (χ1n) is 4.53. The molecule has 1 aromatic rings. The number of hydrogen-bond donors (Lipinski definition) is 1. The molecule has 0 bridgehead atoms. The highest BCUT2D eigenvalue weighted by Crippen LogP contribution is 2.16. The molecule has 2 rings (SSSR count). The Morgan fingerprint density at radius 1 is 1.53 bits per heavy atom. The molecule has 1 N–H and O–H groups in total. The molecule has 0 aliphatic carbocycles. The molecule has 1 aliphatic rings. The van der Waals surface area contributed by atoms with Crippen molar-refractivity contribution in [1.82, 2.24) is 9.55 Å². The van der Waals surface area contributed by atoms with E-state index >= 15 is 0 Å². The lowest BCUT2D eigenvalue weighted by atomic mass is 10.3. The van der Waals surface area contributed by atoms with Crippen LogP contribution in [0.15, 0.2) is 9.79 Å². The van der Waals surface area contributed by atoms with Crippen LogP contribution in [0.5, 0.6) is 0 Å². The third kappa shape index (κ3) is 1.43. The summed E-state index contributed by atoms with van der Waals surface area (Å²) >= 11 is 0. The molecular weight excluding hydrogens is 196 g/mol. The minimum atomic E-state index is -0.283. The molecule has 0 aromatic carbocycles. The van der Waals surface area contributed by atoms with Gasteiger partial charge < -0.3 is 0 Å². The van der Waals surface area contributed by atoms with Gasteiger partial charge in [0.05, 0.1) is 5.69 Å². The van der Waals surface area contributed by atoms with Gasteiger partial charge in [-0.2, -0.15) is 0 Å². The van der Waals surface area contributed by atoms with Crippen molar-refractivity contribution in [2.75, 3.05) is 5.32 Å². The number of nitrogens with one attached hydrogen (secondary N) is 1. The molecule has 1 aromatic heterocycles.